The van der Waals surface area contributed by atoms with E-state index < -0.39 is 23.6 Å². The Bertz CT molecular complexity index is 464. The second-order valence-corrected chi connectivity index (χ2v) is 6.26. The summed E-state index contributed by atoms with van der Waals surface area (Å²) in [7, 11) is 2.67. The Morgan fingerprint density at radius 2 is 1.76 bits per heavy atom. The van der Waals surface area contributed by atoms with Gasteiger partial charge in [0.25, 0.3) is 0 Å². The van der Waals surface area contributed by atoms with Crippen molar-refractivity contribution in [2.75, 3.05) is 27.3 Å². The van der Waals surface area contributed by atoms with Gasteiger partial charge in [0, 0.05) is 13.1 Å². The molecule has 0 N–H and O–H groups in total. The van der Waals surface area contributed by atoms with Crippen LogP contribution in [-0.2, 0) is 28.5 Å². The fourth-order valence-electron chi connectivity index (χ4n) is 3.90. The van der Waals surface area contributed by atoms with Crippen molar-refractivity contribution < 1.29 is 28.5 Å². The molecule has 3 heterocycles. The van der Waals surface area contributed by atoms with E-state index in [-0.39, 0.29) is 24.2 Å². The van der Waals surface area contributed by atoms with Crippen LogP contribution in [0.3, 0.4) is 0 Å². The highest BCUT2D eigenvalue weighted by molar-refractivity contribution is 5.83. The summed E-state index contributed by atoms with van der Waals surface area (Å²) in [6.07, 6.45) is -0.297. The van der Waals surface area contributed by atoms with Gasteiger partial charge in [-0.05, 0) is 13.8 Å². The van der Waals surface area contributed by atoms with Gasteiger partial charge >= 0.3 is 11.9 Å². The fourth-order valence-corrected chi connectivity index (χ4v) is 3.90. The van der Waals surface area contributed by atoms with Crippen LogP contribution in [0.25, 0.3) is 0 Å². The van der Waals surface area contributed by atoms with Crippen LogP contribution in [0.1, 0.15) is 13.8 Å². The van der Waals surface area contributed by atoms with Crippen LogP contribution < -0.4 is 0 Å². The lowest BCUT2D eigenvalue weighted by Crippen LogP contribution is -2.42. The minimum Gasteiger partial charge on any atom is -0.469 e. The third-order valence-corrected chi connectivity index (χ3v) is 4.60. The van der Waals surface area contributed by atoms with Crippen molar-refractivity contribution in [2.45, 2.75) is 37.9 Å². The molecule has 0 unspecified atom stereocenters. The minimum atomic E-state index is -0.661. The van der Waals surface area contributed by atoms with Crippen molar-refractivity contribution in [1.82, 2.24) is 4.90 Å². The zero-order chi connectivity index (χ0) is 15.4. The Kier molecular flexibility index (Phi) is 3.46. The van der Waals surface area contributed by atoms with E-state index in [0.717, 1.165) is 0 Å². The lowest BCUT2D eigenvalue weighted by atomic mass is 9.87. The quantitative estimate of drug-likeness (QED) is 0.653. The van der Waals surface area contributed by atoms with Crippen LogP contribution in [0, 0.1) is 11.8 Å². The van der Waals surface area contributed by atoms with Gasteiger partial charge in [-0.15, -0.1) is 0 Å². The van der Waals surface area contributed by atoms with Crippen LogP contribution in [-0.4, -0.2) is 68.2 Å². The molecule has 118 valence electrons. The number of hydrogen-bond acceptors (Lipinski definition) is 7. The standard InChI is InChI=1S/C14H21NO6/c1-14(2)20-8-6-15-5-7(12(16)18-3)9(13(17)19-4)10(15)11(8)21-14/h7-11H,5-6H2,1-4H3/t7-,8+,9+,10-,11+/m0/s1. The molecule has 0 aromatic rings. The van der Waals surface area contributed by atoms with Crippen molar-refractivity contribution in [1.29, 1.82) is 0 Å². The second kappa shape index (κ2) is 4.93. The molecule has 0 saturated carbocycles. The molecule has 3 aliphatic rings. The number of carbonyl (C=O) groups excluding carboxylic acids is 2. The first-order valence-corrected chi connectivity index (χ1v) is 7.13. The molecule has 7 heteroatoms. The zero-order valence-electron chi connectivity index (χ0n) is 12.7. The van der Waals surface area contributed by atoms with Crippen LogP contribution in [0.15, 0.2) is 0 Å². The van der Waals surface area contributed by atoms with Crippen molar-refractivity contribution in [2.24, 2.45) is 11.8 Å². The lowest BCUT2D eigenvalue weighted by molar-refractivity contribution is -0.166. The highest BCUT2D eigenvalue weighted by Gasteiger charge is 2.62. The summed E-state index contributed by atoms with van der Waals surface area (Å²) >= 11 is 0. The molecule has 0 aliphatic carbocycles. The van der Waals surface area contributed by atoms with Gasteiger partial charge in [-0.25, -0.2) is 0 Å². The lowest BCUT2D eigenvalue weighted by Gasteiger charge is -2.26. The second-order valence-electron chi connectivity index (χ2n) is 6.26. The third-order valence-electron chi connectivity index (χ3n) is 4.60. The van der Waals surface area contributed by atoms with E-state index in [1.165, 1.54) is 14.2 Å². The molecule has 0 spiro atoms. The maximum Gasteiger partial charge on any atom is 0.311 e. The Morgan fingerprint density at radius 3 is 2.38 bits per heavy atom. The molecule has 3 aliphatic heterocycles. The molecule has 5 atom stereocenters. The fraction of sp³-hybridized carbons (Fsp3) is 0.857. The van der Waals surface area contributed by atoms with Crippen LogP contribution >= 0.6 is 0 Å². The topological polar surface area (TPSA) is 74.3 Å². The van der Waals surface area contributed by atoms with E-state index in [4.69, 9.17) is 18.9 Å². The van der Waals surface area contributed by atoms with Gasteiger partial charge in [0.15, 0.2) is 5.79 Å². The first kappa shape index (κ1) is 14.7. The molecule has 3 rings (SSSR count). The van der Waals surface area contributed by atoms with Gasteiger partial charge in [0.2, 0.25) is 0 Å². The Balaban J connectivity index is 1.88. The average molecular weight is 299 g/mol. The number of carbonyl (C=O) groups is 2. The summed E-state index contributed by atoms with van der Waals surface area (Å²) in [5.41, 5.74) is 0. The molecule has 0 radical (unpaired) electrons. The van der Waals surface area contributed by atoms with Crippen molar-refractivity contribution >= 4 is 11.9 Å². The largest absolute Gasteiger partial charge is 0.469 e. The van der Waals surface area contributed by atoms with Gasteiger partial charge in [-0.3, -0.25) is 14.5 Å². The molecule has 0 bridgehead atoms. The number of fused-ring (bicyclic) bond motifs is 3. The number of rotatable bonds is 2. The first-order chi connectivity index (χ1) is 9.88. The number of ether oxygens (including phenoxy) is 4. The van der Waals surface area contributed by atoms with E-state index in [1.807, 2.05) is 13.8 Å². The van der Waals surface area contributed by atoms with E-state index in [2.05, 4.69) is 4.90 Å². The summed E-state index contributed by atoms with van der Waals surface area (Å²) < 4.78 is 21.5. The third kappa shape index (κ3) is 2.23. The molecular formula is C14H21NO6. The number of nitrogens with zero attached hydrogens (tertiary/aromatic N) is 1. The van der Waals surface area contributed by atoms with Gasteiger partial charge in [-0.2, -0.15) is 0 Å². The van der Waals surface area contributed by atoms with Crippen LogP contribution in [0.5, 0.6) is 0 Å². The molecule has 7 nitrogen and oxygen atoms in total. The number of hydrogen-bond donors (Lipinski definition) is 0. The summed E-state index contributed by atoms with van der Waals surface area (Å²) in [5.74, 6) is -2.53. The summed E-state index contributed by atoms with van der Waals surface area (Å²) in [4.78, 5) is 26.2. The van der Waals surface area contributed by atoms with Gasteiger partial charge in [0.1, 0.15) is 12.2 Å². The summed E-state index contributed by atoms with van der Waals surface area (Å²) in [6, 6.07) is -0.201. The molecular weight excluding hydrogens is 278 g/mol. The van der Waals surface area contributed by atoms with Gasteiger partial charge in [0.05, 0.1) is 32.1 Å². The molecule has 3 saturated heterocycles. The van der Waals surface area contributed by atoms with E-state index in [9.17, 15) is 9.59 Å². The van der Waals surface area contributed by atoms with E-state index in [1.54, 1.807) is 0 Å². The maximum absolute atomic E-state index is 12.2. The molecule has 0 aromatic carbocycles. The van der Waals surface area contributed by atoms with Crippen LogP contribution in [0.4, 0.5) is 0 Å². The number of esters is 2. The molecule has 3 fully saturated rings. The van der Waals surface area contributed by atoms with Gasteiger partial charge in [-0.1, -0.05) is 0 Å². The molecule has 0 amide bonds. The highest BCUT2D eigenvalue weighted by atomic mass is 16.8. The first-order valence-electron chi connectivity index (χ1n) is 7.13. The van der Waals surface area contributed by atoms with Crippen molar-refractivity contribution in [3.05, 3.63) is 0 Å². The normalized spacial score (nSPS) is 40.7. The highest BCUT2D eigenvalue weighted by Crippen LogP contribution is 2.45. The minimum absolute atomic E-state index is 0.0734. The van der Waals surface area contributed by atoms with Crippen LogP contribution in [0.2, 0.25) is 0 Å². The monoisotopic (exact) mass is 299 g/mol. The number of methoxy groups -OCH3 is 2. The predicted octanol–water partition coefficient (Wildman–Crippen LogP) is -0.217. The Labute approximate surface area is 123 Å². The summed E-state index contributed by atoms with van der Waals surface area (Å²) in [6.45, 7) is 4.84. The van der Waals surface area contributed by atoms with Gasteiger partial charge < -0.3 is 18.9 Å². The molecule has 21 heavy (non-hydrogen) atoms. The predicted molar refractivity (Wildman–Crippen MR) is 70.2 cm³/mol. The zero-order valence-corrected chi connectivity index (χ0v) is 12.7. The van der Waals surface area contributed by atoms with E-state index in [0.29, 0.717) is 13.1 Å². The average Bonchev–Trinajstić information content (AvgIpc) is 3.02. The van der Waals surface area contributed by atoms with Crippen molar-refractivity contribution in [3.63, 3.8) is 0 Å². The smallest absolute Gasteiger partial charge is 0.311 e. The van der Waals surface area contributed by atoms with E-state index >= 15 is 0 Å². The SMILES string of the molecule is COC(=O)[C@H]1[C@H]2[C@@H]3OC(C)(C)O[C@@H]3CN2C[C@@H]1C(=O)OC. The molecule has 0 aromatic heterocycles. The Morgan fingerprint density at radius 1 is 1.10 bits per heavy atom. The van der Waals surface area contributed by atoms with Crippen molar-refractivity contribution in [3.8, 4) is 0 Å². The summed E-state index contributed by atoms with van der Waals surface area (Å²) in [5, 5.41) is 0. The Hall–Kier alpha value is -1.18. The maximum atomic E-state index is 12.2.